The second-order valence-corrected chi connectivity index (χ2v) is 4.04. The van der Waals surface area contributed by atoms with E-state index in [1.807, 2.05) is 5.32 Å². The summed E-state index contributed by atoms with van der Waals surface area (Å²) in [6.45, 7) is -0.916. The lowest BCUT2D eigenvalue weighted by molar-refractivity contribution is -0.264. The third-order valence-electron chi connectivity index (χ3n) is 2.63. The number of nitrogens with one attached hydrogen (secondary N) is 1. The van der Waals surface area contributed by atoms with Gasteiger partial charge in [0.05, 0.1) is 6.54 Å². The van der Waals surface area contributed by atoms with Gasteiger partial charge in [-0.3, -0.25) is 4.79 Å². The smallest absolute Gasteiger partial charge is 0.375 e. The fourth-order valence-corrected chi connectivity index (χ4v) is 1.53. The first-order valence-corrected chi connectivity index (χ1v) is 5.62. The van der Waals surface area contributed by atoms with Crippen LogP contribution in [0.3, 0.4) is 0 Å². The van der Waals surface area contributed by atoms with E-state index in [0.29, 0.717) is 0 Å². The largest absolute Gasteiger partial charge is 0.423 e. The molecule has 0 fully saturated rings. The number of alkyl halides is 3. The maximum atomic E-state index is 13.0. The maximum Gasteiger partial charge on any atom is 0.423 e. The molecule has 0 aliphatic heterocycles. The normalized spacial score (nSPS) is 14.1. The zero-order chi connectivity index (χ0) is 14.5. The van der Waals surface area contributed by atoms with Crippen molar-refractivity contribution in [3.8, 4) is 0 Å². The number of benzene rings is 1. The molecule has 0 radical (unpaired) electrons. The van der Waals surface area contributed by atoms with Crippen LogP contribution in [0.25, 0.3) is 0 Å². The monoisotopic (exact) mass is 312 g/mol. The van der Waals surface area contributed by atoms with Crippen LogP contribution in [0.2, 0.25) is 0 Å². The number of halogens is 4. The van der Waals surface area contributed by atoms with Crippen molar-refractivity contribution < 1.29 is 23.1 Å². The van der Waals surface area contributed by atoms with Gasteiger partial charge in [0.1, 0.15) is 0 Å². The van der Waals surface area contributed by atoms with E-state index in [1.54, 1.807) is 0 Å². The molecule has 0 saturated heterocycles. The minimum atomic E-state index is -4.90. The molecule has 1 amide bonds. The van der Waals surface area contributed by atoms with Crippen molar-refractivity contribution >= 4 is 18.3 Å². The minimum absolute atomic E-state index is 0. The van der Waals surface area contributed by atoms with Crippen molar-refractivity contribution in [3.05, 3.63) is 35.9 Å². The Bertz CT molecular complexity index is 428. The summed E-state index contributed by atoms with van der Waals surface area (Å²) in [5.41, 5.74) is 1.68. The van der Waals surface area contributed by atoms with Crippen molar-refractivity contribution in [2.45, 2.75) is 18.2 Å². The predicted molar refractivity (Wildman–Crippen MR) is 70.3 cm³/mol. The topological polar surface area (TPSA) is 75.4 Å². The summed E-state index contributed by atoms with van der Waals surface area (Å²) in [5.74, 6) is -0.638. The van der Waals surface area contributed by atoms with Gasteiger partial charge >= 0.3 is 6.18 Å². The SMILES string of the molecule is Cl.NCCC(=O)NCC(O)(c1ccccc1)C(F)(F)F. The van der Waals surface area contributed by atoms with Crippen molar-refractivity contribution in [2.24, 2.45) is 5.73 Å². The van der Waals surface area contributed by atoms with Crippen LogP contribution in [0.4, 0.5) is 13.2 Å². The molecule has 114 valence electrons. The van der Waals surface area contributed by atoms with Crippen molar-refractivity contribution in [1.82, 2.24) is 5.32 Å². The highest BCUT2D eigenvalue weighted by atomic mass is 35.5. The summed E-state index contributed by atoms with van der Waals surface area (Å²) in [6.07, 6.45) is -4.99. The summed E-state index contributed by atoms with van der Waals surface area (Å²) >= 11 is 0. The molecular formula is C12H16ClF3N2O2. The Hall–Kier alpha value is -1.31. The van der Waals surface area contributed by atoms with Gasteiger partial charge in [-0.1, -0.05) is 30.3 Å². The van der Waals surface area contributed by atoms with Crippen molar-refractivity contribution in [2.75, 3.05) is 13.1 Å². The van der Waals surface area contributed by atoms with E-state index in [9.17, 15) is 23.1 Å². The molecule has 8 heteroatoms. The summed E-state index contributed by atoms with van der Waals surface area (Å²) < 4.78 is 39.0. The number of amides is 1. The molecule has 1 unspecified atom stereocenters. The number of rotatable bonds is 5. The van der Waals surface area contributed by atoms with Crippen molar-refractivity contribution in [1.29, 1.82) is 0 Å². The lowest BCUT2D eigenvalue weighted by atomic mass is 9.93. The third-order valence-corrected chi connectivity index (χ3v) is 2.63. The highest BCUT2D eigenvalue weighted by Gasteiger charge is 2.55. The van der Waals surface area contributed by atoms with Gasteiger partial charge in [0.2, 0.25) is 11.5 Å². The molecule has 1 rings (SSSR count). The zero-order valence-corrected chi connectivity index (χ0v) is 11.3. The number of hydrogen-bond donors (Lipinski definition) is 3. The predicted octanol–water partition coefficient (Wildman–Crippen LogP) is 1.32. The molecular weight excluding hydrogens is 297 g/mol. The van der Waals surface area contributed by atoms with Gasteiger partial charge in [-0.2, -0.15) is 13.2 Å². The fourth-order valence-electron chi connectivity index (χ4n) is 1.53. The van der Waals surface area contributed by atoms with Gasteiger partial charge in [-0.25, -0.2) is 0 Å². The van der Waals surface area contributed by atoms with E-state index in [-0.39, 0.29) is 30.9 Å². The van der Waals surface area contributed by atoms with E-state index in [2.05, 4.69) is 0 Å². The Kier molecular flexibility index (Phi) is 6.98. The van der Waals surface area contributed by atoms with Crippen LogP contribution in [-0.4, -0.2) is 30.3 Å². The average molecular weight is 313 g/mol. The quantitative estimate of drug-likeness (QED) is 0.767. The Morgan fingerprint density at radius 3 is 2.25 bits per heavy atom. The van der Waals surface area contributed by atoms with Crippen LogP contribution in [0.5, 0.6) is 0 Å². The molecule has 0 heterocycles. The van der Waals surface area contributed by atoms with Gasteiger partial charge < -0.3 is 16.2 Å². The Balaban J connectivity index is 0.00000361. The summed E-state index contributed by atoms with van der Waals surface area (Å²) in [7, 11) is 0. The number of hydrogen-bond acceptors (Lipinski definition) is 3. The van der Waals surface area contributed by atoms with E-state index in [4.69, 9.17) is 5.73 Å². The number of carbonyl (C=O) groups is 1. The van der Waals surface area contributed by atoms with E-state index in [1.165, 1.54) is 18.2 Å². The van der Waals surface area contributed by atoms with Gasteiger partial charge in [-0.05, 0) is 5.56 Å². The van der Waals surface area contributed by atoms with Gasteiger partial charge in [0.25, 0.3) is 0 Å². The molecule has 1 aromatic carbocycles. The molecule has 1 aromatic rings. The third kappa shape index (κ3) is 4.36. The molecule has 0 aromatic heterocycles. The van der Waals surface area contributed by atoms with Crippen molar-refractivity contribution in [3.63, 3.8) is 0 Å². The second-order valence-electron chi connectivity index (χ2n) is 4.04. The lowest BCUT2D eigenvalue weighted by Gasteiger charge is -2.31. The molecule has 0 aliphatic carbocycles. The molecule has 0 bridgehead atoms. The first kappa shape index (κ1) is 18.7. The first-order chi connectivity index (χ1) is 8.81. The van der Waals surface area contributed by atoms with Crippen LogP contribution < -0.4 is 11.1 Å². The van der Waals surface area contributed by atoms with Crippen LogP contribution in [-0.2, 0) is 10.4 Å². The highest BCUT2D eigenvalue weighted by molar-refractivity contribution is 5.85. The first-order valence-electron chi connectivity index (χ1n) is 5.62. The second kappa shape index (κ2) is 7.47. The van der Waals surface area contributed by atoms with Crippen LogP contribution in [0.15, 0.2) is 30.3 Å². The molecule has 20 heavy (non-hydrogen) atoms. The van der Waals surface area contributed by atoms with Crippen LogP contribution >= 0.6 is 12.4 Å². The Morgan fingerprint density at radius 1 is 1.25 bits per heavy atom. The Morgan fingerprint density at radius 2 is 1.80 bits per heavy atom. The standard InChI is InChI=1S/C12H15F3N2O2.ClH/c13-12(14,15)11(19,8-17-10(18)6-7-16)9-4-2-1-3-5-9;/h1-5,19H,6-8,16H2,(H,17,18);1H. The molecule has 1 atom stereocenters. The maximum absolute atomic E-state index is 13.0. The number of carbonyl (C=O) groups excluding carboxylic acids is 1. The number of aliphatic hydroxyl groups is 1. The Labute approximate surface area is 120 Å². The molecule has 0 spiro atoms. The van der Waals surface area contributed by atoms with Gasteiger partial charge in [-0.15, -0.1) is 12.4 Å². The minimum Gasteiger partial charge on any atom is -0.375 e. The molecule has 4 nitrogen and oxygen atoms in total. The van der Waals surface area contributed by atoms with E-state index in [0.717, 1.165) is 12.1 Å². The summed E-state index contributed by atoms with van der Waals surface area (Å²) in [4.78, 5) is 11.2. The van der Waals surface area contributed by atoms with E-state index >= 15 is 0 Å². The van der Waals surface area contributed by atoms with Gasteiger partial charge in [0.15, 0.2) is 0 Å². The van der Waals surface area contributed by atoms with E-state index < -0.39 is 24.2 Å². The van der Waals surface area contributed by atoms with Crippen LogP contribution in [0.1, 0.15) is 12.0 Å². The average Bonchev–Trinajstić information content (AvgIpc) is 2.36. The lowest BCUT2D eigenvalue weighted by Crippen LogP contribution is -2.51. The zero-order valence-electron chi connectivity index (χ0n) is 10.5. The van der Waals surface area contributed by atoms with Gasteiger partial charge in [0, 0.05) is 13.0 Å². The molecule has 0 aliphatic rings. The van der Waals surface area contributed by atoms with Crippen LogP contribution in [0, 0.1) is 0 Å². The fraction of sp³-hybridized carbons (Fsp3) is 0.417. The number of nitrogens with two attached hydrogens (primary N) is 1. The molecule has 0 saturated carbocycles. The summed E-state index contributed by atoms with van der Waals surface area (Å²) in [5, 5.41) is 11.9. The molecule has 4 N–H and O–H groups in total. The highest BCUT2D eigenvalue weighted by Crippen LogP contribution is 2.38. The summed E-state index contributed by atoms with van der Waals surface area (Å²) in [6, 6.07) is 6.61.